The van der Waals surface area contributed by atoms with Crippen molar-refractivity contribution in [1.82, 2.24) is 0 Å². The third kappa shape index (κ3) is 3.63. The molecule has 1 aromatic heterocycles. The Bertz CT molecular complexity index is 356. The molecule has 1 rings (SSSR count). The van der Waals surface area contributed by atoms with E-state index in [1.807, 2.05) is 0 Å². The molecule has 0 bridgehead atoms. The number of rotatable bonds is 4. The zero-order chi connectivity index (χ0) is 11.3. The first kappa shape index (κ1) is 11.6. The molecule has 0 N–H and O–H groups in total. The van der Waals surface area contributed by atoms with E-state index < -0.39 is 5.97 Å². The number of halogens is 1. The second-order valence-corrected chi connectivity index (χ2v) is 2.99. The van der Waals surface area contributed by atoms with Gasteiger partial charge in [-0.25, -0.2) is 4.79 Å². The van der Waals surface area contributed by atoms with E-state index in [1.165, 1.54) is 12.1 Å². The number of carbonyl (C=O) groups excluding carboxylic acids is 1. The first-order valence-electron chi connectivity index (χ1n) is 4.30. The fourth-order valence-corrected chi connectivity index (χ4v) is 0.987. The molecule has 0 atom stereocenters. The number of carbonyl (C=O) groups is 1. The van der Waals surface area contributed by atoms with E-state index in [-0.39, 0.29) is 17.5 Å². The average molecular weight is 232 g/mol. The minimum absolute atomic E-state index is 0.0403. The lowest BCUT2D eigenvalue weighted by Gasteiger charge is -2.05. The number of nitrogens with zero attached hydrogens (tertiary/aromatic N) is 1. The summed E-state index contributed by atoms with van der Waals surface area (Å²) in [7, 11) is 0. The average Bonchev–Trinajstić information content (AvgIpc) is 2.20. The smallest absolute Gasteiger partial charge is 0.344 e. The molecule has 0 fully saturated rings. The molecule has 0 radical (unpaired) electrons. The van der Waals surface area contributed by atoms with Gasteiger partial charge in [0.2, 0.25) is 6.20 Å². The van der Waals surface area contributed by atoms with Crippen LogP contribution in [0.2, 0.25) is 5.15 Å². The van der Waals surface area contributed by atoms with Crippen LogP contribution in [0.1, 0.15) is 6.92 Å². The maximum absolute atomic E-state index is 11.0. The molecule has 0 aliphatic carbocycles. The molecule has 0 saturated carbocycles. The van der Waals surface area contributed by atoms with Crippen LogP contribution in [-0.2, 0) is 9.53 Å². The zero-order valence-corrected chi connectivity index (χ0v) is 8.86. The van der Waals surface area contributed by atoms with Gasteiger partial charge in [-0.15, -0.1) is 0 Å². The summed E-state index contributed by atoms with van der Waals surface area (Å²) >= 11 is 5.50. The molecule has 1 aromatic rings. The number of esters is 1. The Labute approximate surface area is 91.8 Å². The lowest BCUT2D eigenvalue weighted by molar-refractivity contribution is -0.603. The Hall–Kier alpha value is -1.49. The van der Waals surface area contributed by atoms with E-state index in [0.29, 0.717) is 11.3 Å². The number of hydrogen-bond donors (Lipinski definition) is 0. The van der Waals surface area contributed by atoms with Gasteiger partial charge in [-0.05, 0) is 24.6 Å². The molecule has 0 aliphatic heterocycles. The van der Waals surface area contributed by atoms with Gasteiger partial charge in [-0.1, -0.05) is 0 Å². The van der Waals surface area contributed by atoms with Gasteiger partial charge in [0.25, 0.3) is 5.15 Å². The Balaban J connectivity index is 2.51. The molecule has 0 spiro atoms. The van der Waals surface area contributed by atoms with Gasteiger partial charge < -0.3 is 14.7 Å². The SMILES string of the molecule is CCOC(=O)COc1ccc(Cl)[n+]([O-])c1. The monoisotopic (exact) mass is 231 g/mol. The summed E-state index contributed by atoms with van der Waals surface area (Å²) in [4.78, 5) is 10.9. The second-order valence-electron chi connectivity index (χ2n) is 2.61. The molecule has 6 heteroatoms. The van der Waals surface area contributed by atoms with Crippen LogP contribution in [0.5, 0.6) is 5.75 Å². The molecule has 82 valence electrons. The van der Waals surface area contributed by atoms with Gasteiger partial charge >= 0.3 is 5.97 Å². The van der Waals surface area contributed by atoms with Crippen LogP contribution >= 0.6 is 11.6 Å². The largest absolute Gasteiger partial charge is 0.618 e. The van der Waals surface area contributed by atoms with Gasteiger partial charge in [0.05, 0.1) is 6.61 Å². The maximum Gasteiger partial charge on any atom is 0.344 e. The summed E-state index contributed by atoms with van der Waals surface area (Å²) in [6.07, 6.45) is 1.14. The second kappa shape index (κ2) is 5.41. The highest BCUT2D eigenvalue weighted by atomic mass is 35.5. The maximum atomic E-state index is 11.0. The summed E-state index contributed by atoms with van der Waals surface area (Å²) < 4.78 is 10.1. The van der Waals surface area contributed by atoms with Crippen LogP contribution in [-0.4, -0.2) is 19.2 Å². The molecule has 0 unspecified atom stereocenters. The van der Waals surface area contributed by atoms with Crippen molar-refractivity contribution in [3.05, 3.63) is 28.7 Å². The highest BCUT2D eigenvalue weighted by Gasteiger charge is 2.07. The Morgan fingerprint density at radius 2 is 2.33 bits per heavy atom. The van der Waals surface area contributed by atoms with Gasteiger partial charge in [0, 0.05) is 6.07 Å². The van der Waals surface area contributed by atoms with Crippen LogP contribution in [0.25, 0.3) is 0 Å². The van der Waals surface area contributed by atoms with Crippen molar-refractivity contribution in [1.29, 1.82) is 0 Å². The van der Waals surface area contributed by atoms with Gasteiger partial charge in [0.15, 0.2) is 12.4 Å². The molecular formula is C9H10ClNO4. The first-order valence-corrected chi connectivity index (χ1v) is 4.68. The lowest BCUT2D eigenvalue weighted by Crippen LogP contribution is -2.27. The molecule has 0 amide bonds. The number of ether oxygens (including phenoxy) is 2. The Kier molecular flexibility index (Phi) is 4.17. The summed E-state index contributed by atoms with van der Waals surface area (Å²) in [5.41, 5.74) is 0. The van der Waals surface area contributed by atoms with Crippen LogP contribution in [0, 0.1) is 5.21 Å². The van der Waals surface area contributed by atoms with E-state index in [0.717, 1.165) is 6.20 Å². The summed E-state index contributed by atoms with van der Waals surface area (Å²) in [6, 6.07) is 2.88. The first-order chi connectivity index (χ1) is 7.13. The van der Waals surface area contributed by atoms with E-state index in [2.05, 4.69) is 4.74 Å². The Morgan fingerprint density at radius 1 is 1.60 bits per heavy atom. The normalized spacial score (nSPS) is 9.73. The van der Waals surface area contributed by atoms with Crippen LogP contribution in [0.4, 0.5) is 0 Å². The predicted octanol–water partition coefficient (Wildman–Crippen LogP) is 0.915. The van der Waals surface area contributed by atoms with E-state index in [1.54, 1.807) is 6.92 Å². The van der Waals surface area contributed by atoms with Gasteiger partial charge in [0.1, 0.15) is 0 Å². The van der Waals surface area contributed by atoms with Crippen molar-refractivity contribution in [3.63, 3.8) is 0 Å². The zero-order valence-electron chi connectivity index (χ0n) is 8.10. The fourth-order valence-electron chi connectivity index (χ4n) is 0.875. The van der Waals surface area contributed by atoms with E-state index in [4.69, 9.17) is 16.3 Å². The van der Waals surface area contributed by atoms with Crippen molar-refractivity contribution in [2.24, 2.45) is 0 Å². The fraction of sp³-hybridized carbons (Fsp3) is 0.333. The van der Waals surface area contributed by atoms with Gasteiger partial charge in [-0.2, -0.15) is 4.73 Å². The summed E-state index contributed by atoms with van der Waals surface area (Å²) in [5, 5.41) is 11.0. The topological polar surface area (TPSA) is 62.5 Å². The van der Waals surface area contributed by atoms with Crippen molar-refractivity contribution in [2.75, 3.05) is 13.2 Å². The van der Waals surface area contributed by atoms with Crippen LogP contribution < -0.4 is 9.47 Å². The number of aromatic nitrogens is 1. The lowest BCUT2D eigenvalue weighted by atomic mass is 10.4. The highest BCUT2D eigenvalue weighted by Crippen LogP contribution is 2.10. The summed E-state index contributed by atoms with van der Waals surface area (Å²) in [5.74, 6) is -0.215. The van der Waals surface area contributed by atoms with Crippen molar-refractivity contribution < 1.29 is 19.0 Å². The van der Waals surface area contributed by atoms with Crippen molar-refractivity contribution >= 4 is 17.6 Å². The third-order valence-electron chi connectivity index (χ3n) is 1.50. The van der Waals surface area contributed by atoms with Crippen LogP contribution in [0.15, 0.2) is 18.3 Å². The standard InChI is InChI=1S/C9H10ClNO4/c1-2-14-9(12)6-15-7-3-4-8(10)11(13)5-7/h3-5H,2,6H2,1H3. The molecule has 15 heavy (non-hydrogen) atoms. The minimum Gasteiger partial charge on any atom is -0.618 e. The molecule has 0 aliphatic rings. The molecule has 1 heterocycles. The molecule has 0 saturated heterocycles. The molecule has 0 aromatic carbocycles. The summed E-state index contributed by atoms with van der Waals surface area (Å²) in [6.45, 7) is 1.77. The molecule has 5 nitrogen and oxygen atoms in total. The molecular weight excluding hydrogens is 222 g/mol. The van der Waals surface area contributed by atoms with Gasteiger partial charge in [-0.3, -0.25) is 0 Å². The van der Waals surface area contributed by atoms with Crippen molar-refractivity contribution in [2.45, 2.75) is 6.92 Å². The predicted molar refractivity (Wildman–Crippen MR) is 52.5 cm³/mol. The minimum atomic E-state index is -0.482. The van der Waals surface area contributed by atoms with E-state index >= 15 is 0 Å². The van der Waals surface area contributed by atoms with Crippen LogP contribution in [0.3, 0.4) is 0 Å². The van der Waals surface area contributed by atoms with Crippen molar-refractivity contribution in [3.8, 4) is 5.75 Å². The third-order valence-corrected chi connectivity index (χ3v) is 1.79. The van der Waals surface area contributed by atoms with E-state index in [9.17, 15) is 10.0 Å². The quantitative estimate of drug-likeness (QED) is 0.335. The highest BCUT2D eigenvalue weighted by molar-refractivity contribution is 6.28. The Morgan fingerprint density at radius 3 is 2.93 bits per heavy atom. The number of pyridine rings is 1. The number of hydrogen-bond acceptors (Lipinski definition) is 4.